The van der Waals surface area contributed by atoms with E-state index in [2.05, 4.69) is 10.6 Å². The summed E-state index contributed by atoms with van der Waals surface area (Å²) in [6.45, 7) is 9.46. The van der Waals surface area contributed by atoms with Gasteiger partial charge in [0.25, 0.3) is 0 Å². The number of nitrogens with zero attached hydrogens (tertiary/aromatic N) is 1. The van der Waals surface area contributed by atoms with Crippen molar-refractivity contribution >= 4 is 17.9 Å². The second-order valence-corrected chi connectivity index (χ2v) is 10.7. The van der Waals surface area contributed by atoms with Crippen LogP contribution in [0.2, 0.25) is 0 Å². The number of phenols is 1. The number of nitrogens with one attached hydrogen (secondary N) is 2. The van der Waals surface area contributed by atoms with Crippen LogP contribution in [0.4, 0.5) is 4.79 Å². The fourth-order valence-electron chi connectivity index (χ4n) is 4.41. The zero-order valence-corrected chi connectivity index (χ0v) is 23.8. The molecular formula is C32H39N3O5. The van der Waals surface area contributed by atoms with Crippen LogP contribution in [0.3, 0.4) is 0 Å². The van der Waals surface area contributed by atoms with Gasteiger partial charge in [0.15, 0.2) is 0 Å². The lowest BCUT2D eigenvalue weighted by atomic mass is 9.97. The molecular weight excluding hydrogens is 506 g/mol. The molecule has 212 valence electrons. The summed E-state index contributed by atoms with van der Waals surface area (Å²) in [5.41, 5.74) is 2.46. The molecule has 8 heteroatoms. The average Bonchev–Trinajstić information content (AvgIpc) is 2.91. The van der Waals surface area contributed by atoms with Crippen molar-refractivity contribution in [3.63, 3.8) is 0 Å². The van der Waals surface area contributed by atoms with Crippen molar-refractivity contribution in [3.8, 4) is 5.75 Å². The largest absolute Gasteiger partial charge is 0.508 e. The van der Waals surface area contributed by atoms with Crippen LogP contribution < -0.4 is 10.6 Å². The lowest BCUT2D eigenvalue weighted by molar-refractivity contribution is -0.142. The molecule has 40 heavy (non-hydrogen) atoms. The first-order valence-electron chi connectivity index (χ1n) is 13.4. The minimum Gasteiger partial charge on any atom is -0.508 e. The van der Waals surface area contributed by atoms with Gasteiger partial charge in [0.2, 0.25) is 11.8 Å². The molecule has 0 bridgehead atoms. The smallest absolute Gasteiger partial charge is 0.408 e. The first kappa shape index (κ1) is 30.2. The average molecular weight is 546 g/mol. The molecule has 3 amide bonds. The van der Waals surface area contributed by atoms with Gasteiger partial charge in [-0.25, -0.2) is 4.79 Å². The van der Waals surface area contributed by atoms with E-state index in [0.29, 0.717) is 12.1 Å². The van der Waals surface area contributed by atoms with Gasteiger partial charge in [-0.05, 0) is 69.0 Å². The third kappa shape index (κ3) is 8.59. The summed E-state index contributed by atoms with van der Waals surface area (Å²) in [5, 5.41) is 15.4. The van der Waals surface area contributed by atoms with Gasteiger partial charge in [-0.15, -0.1) is 0 Å². The van der Waals surface area contributed by atoms with Crippen LogP contribution in [-0.2, 0) is 27.3 Å². The van der Waals surface area contributed by atoms with Crippen molar-refractivity contribution in [1.29, 1.82) is 0 Å². The number of rotatable bonds is 10. The Bertz CT molecular complexity index is 1290. The molecule has 0 saturated heterocycles. The Hall–Kier alpha value is -4.33. The van der Waals surface area contributed by atoms with Gasteiger partial charge in [-0.2, -0.15) is 0 Å². The Balaban J connectivity index is 1.96. The quantitative estimate of drug-likeness (QED) is 0.331. The number of carbonyl (C=O) groups is 3. The van der Waals surface area contributed by atoms with Crippen molar-refractivity contribution in [2.24, 2.45) is 0 Å². The number of hydrogen-bond donors (Lipinski definition) is 3. The van der Waals surface area contributed by atoms with Gasteiger partial charge in [0.1, 0.15) is 23.4 Å². The Labute approximate surface area is 236 Å². The zero-order valence-electron chi connectivity index (χ0n) is 23.8. The molecule has 0 spiro atoms. The summed E-state index contributed by atoms with van der Waals surface area (Å²) >= 11 is 0. The molecule has 8 nitrogen and oxygen atoms in total. The van der Waals surface area contributed by atoms with E-state index in [1.54, 1.807) is 39.8 Å². The molecule has 3 aromatic rings. The van der Waals surface area contributed by atoms with Crippen LogP contribution in [0.25, 0.3) is 0 Å². The Morgan fingerprint density at radius 3 is 2.12 bits per heavy atom. The second-order valence-electron chi connectivity index (χ2n) is 10.7. The molecule has 0 saturated carbocycles. The minimum absolute atomic E-state index is 0.0941. The molecule has 0 radical (unpaired) electrons. The van der Waals surface area contributed by atoms with Gasteiger partial charge in [-0.1, -0.05) is 66.7 Å². The standard InChI is InChI=1S/C32H39N3O5/c1-6-35(28(26-15-11-10-12-22(26)2)29(37)33-21-24-13-8-7-9-14-24)30(38)27(34-31(39)40-32(3,4)5)20-23-16-18-25(36)19-17-23/h7-19,27-28,36H,6,20-21H2,1-5H3,(H,33,37)(H,34,39). The van der Waals surface area contributed by atoms with Crippen molar-refractivity contribution < 1.29 is 24.2 Å². The van der Waals surface area contributed by atoms with E-state index in [1.807, 2.05) is 61.5 Å². The van der Waals surface area contributed by atoms with Crippen LogP contribution in [0.1, 0.15) is 56.0 Å². The second kappa shape index (κ2) is 13.6. The first-order valence-corrected chi connectivity index (χ1v) is 13.4. The highest BCUT2D eigenvalue weighted by Gasteiger charge is 2.36. The third-order valence-corrected chi connectivity index (χ3v) is 6.34. The number of hydrogen-bond acceptors (Lipinski definition) is 5. The normalized spacial score (nSPS) is 12.6. The number of phenolic OH excluding ortho intramolecular Hbond substituents is 1. The number of aromatic hydroxyl groups is 1. The number of carbonyl (C=O) groups excluding carboxylic acids is 3. The van der Waals surface area contributed by atoms with E-state index >= 15 is 0 Å². The predicted octanol–water partition coefficient (Wildman–Crippen LogP) is 5.04. The topological polar surface area (TPSA) is 108 Å². The van der Waals surface area contributed by atoms with E-state index in [-0.39, 0.29) is 24.6 Å². The SMILES string of the molecule is CCN(C(=O)C(Cc1ccc(O)cc1)NC(=O)OC(C)(C)C)C(C(=O)NCc1ccccc1)c1ccccc1C. The molecule has 0 aromatic heterocycles. The summed E-state index contributed by atoms with van der Waals surface area (Å²) in [4.78, 5) is 42.2. The van der Waals surface area contributed by atoms with Gasteiger partial charge in [-0.3, -0.25) is 9.59 Å². The number of aryl methyl sites for hydroxylation is 1. The Morgan fingerprint density at radius 2 is 1.52 bits per heavy atom. The summed E-state index contributed by atoms with van der Waals surface area (Å²) in [6, 6.07) is 21.5. The number of alkyl carbamates (subject to hydrolysis) is 1. The molecule has 3 N–H and O–H groups in total. The highest BCUT2D eigenvalue weighted by molar-refractivity contribution is 5.92. The number of amides is 3. The number of likely N-dealkylation sites (N-methyl/N-ethyl adjacent to an activating group) is 1. The highest BCUT2D eigenvalue weighted by atomic mass is 16.6. The molecule has 0 aliphatic heterocycles. The van der Waals surface area contributed by atoms with E-state index in [0.717, 1.165) is 16.7 Å². The minimum atomic E-state index is -1.02. The molecule has 0 aliphatic rings. The maximum atomic E-state index is 14.2. The summed E-state index contributed by atoms with van der Waals surface area (Å²) in [6.07, 6.45) is -0.595. The van der Waals surface area contributed by atoms with Crippen LogP contribution in [0.15, 0.2) is 78.9 Å². The summed E-state index contributed by atoms with van der Waals surface area (Å²) in [5.74, 6) is -0.657. The van der Waals surface area contributed by atoms with Crippen molar-refractivity contribution in [2.75, 3.05) is 6.54 Å². The molecule has 2 atom stereocenters. The lowest BCUT2D eigenvalue weighted by Crippen LogP contribution is -2.53. The maximum absolute atomic E-state index is 14.2. The van der Waals surface area contributed by atoms with Crippen LogP contribution in [-0.4, -0.2) is 46.1 Å². The summed E-state index contributed by atoms with van der Waals surface area (Å²) < 4.78 is 5.45. The molecule has 0 fully saturated rings. The Morgan fingerprint density at radius 1 is 0.900 bits per heavy atom. The third-order valence-electron chi connectivity index (χ3n) is 6.34. The van der Waals surface area contributed by atoms with Crippen LogP contribution >= 0.6 is 0 Å². The van der Waals surface area contributed by atoms with Crippen molar-refractivity contribution in [1.82, 2.24) is 15.5 Å². The number of benzene rings is 3. The van der Waals surface area contributed by atoms with E-state index in [4.69, 9.17) is 4.74 Å². The highest BCUT2D eigenvalue weighted by Crippen LogP contribution is 2.26. The fraction of sp³-hybridized carbons (Fsp3) is 0.344. The fourth-order valence-corrected chi connectivity index (χ4v) is 4.41. The molecule has 0 heterocycles. The van der Waals surface area contributed by atoms with E-state index < -0.39 is 29.7 Å². The maximum Gasteiger partial charge on any atom is 0.408 e. The molecule has 2 unspecified atom stereocenters. The molecule has 0 aliphatic carbocycles. The van der Waals surface area contributed by atoms with Gasteiger partial charge < -0.3 is 25.4 Å². The Kier molecular flexibility index (Phi) is 10.3. The first-order chi connectivity index (χ1) is 19.0. The predicted molar refractivity (Wildman–Crippen MR) is 155 cm³/mol. The monoisotopic (exact) mass is 545 g/mol. The van der Waals surface area contributed by atoms with Crippen LogP contribution in [0, 0.1) is 6.92 Å². The number of ether oxygens (including phenoxy) is 1. The van der Waals surface area contributed by atoms with Crippen molar-refractivity contribution in [3.05, 3.63) is 101 Å². The van der Waals surface area contributed by atoms with Gasteiger partial charge in [0.05, 0.1) is 0 Å². The lowest BCUT2D eigenvalue weighted by Gasteiger charge is -2.34. The zero-order chi connectivity index (χ0) is 29.3. The van der Waals surface area contributed by atoms with Gasteiger partial charge in [0, 0.05) is 19.5 Å². The summed E-state index contributed by atoms with van der Waals surface area (Å²) in [7, 11) is 0. The van der Waals surface area contributed by atoms with Crippen molar-refractivity contribution in [2.45, 2.75) is 65.3 Å². The van der Waals surface area contributed by atoms with Gasteiger partial charge >= 0.3 is 6.09 Å². The molecule has 3 rings (SSSR count). The van der Waals surface area contributed by atoms with Crippen LogP contribution in [0.5, 0.6) is 5.75 Å². The molecule has 3 aromatic carbocycles. The van der Waals surface area contributed by atoms with E-state index in [1.165, 1.54) is 17.0 Å². The van der Waals surface area contributed by atoms with E-state index in [9.17, 15) is 19.5 Å².